The Labute approximate surface area is 209 Å². The van der Waals surface area contributed by atoms with Crippen LogP contribution in [-0.2, 0) is 11.5 Å². The molecule has 1 aromatic heterocycles. The maximum atomic E-state index is 5.15. The first-order chi connectivity index (χ1) is 16.7. The number of nitrogens with zero attached hydrogens (tertiary/aromatic N) is 2. The lowest BCUT2D eigenvalue weighted by molar-refractivity contribution is 1.29. The van der Waals surface area contributed by atoms with E-state index in [2.05, 4.69) is 122 Å². The molecule has 0 aliphatic carbocycles. The highest BCUT2D eigenvalue weighted by molar-refractivity contribution is 7.79. The lowest BCUT2D eigenvalue weighted by Crippen LogP contribution is -1.96. The first-order valence-corrected chi connectivity index (χ1v) is 12.5. The molecule has 0 saturated carbocycles. The predicted octanol–water partition coefficient (Wildman–Crippen LogP) is 8.13. The summed E-state index contributed by atoms with van der Waals surface area (Å²) in [6.07, 6.45) is 0. The molecular weight excluding hydrogens is 452 g/mol. The van der Waals surface area contributed by atoms with Gasteiger partial charge in [0.2, 0.25) is 0 Å². The predicted molar refractivity (Wildman–Crippen MR) is 151 cm³/mol. The van der Waals surface area contributed by atoms with Crippen LogP contribution in [0.25, 0.3) is 55.1 Å². The highest BCUT2D eigenvalue weighted by Crippen LogP contribution is 2.33. The standard InChI is InChI=1S/C30H22N2S2/c33-17-19-5-9-21(10-6-19)29-30(22-11-7-20(18-34)8-12-22)32-28-16-26-14-24-4-2-1-3-23(24)13-25(26)15-27(28)31-29/h1-16,33-34H,17-18H2. The van der Waals surface area contributed by atoms with E-state index in [0.29, 0.717) is 11.5 Å². The zero-order valence-corrected chi connectivity index (χ0v) is 20.2. The number of benzene rings is 5. The van der Waals surface area contributed by atoms with Gasteiger partial charge in [-0.3, -0.25) is 0 Å². The van der Waals surface area contributed by atoms with Crippen LogP contribution in [0, 0.1) is 0 Å². The lowest BCUT2D eigenvalue weighted by Gasteiger charge is -2.12. The minimum atomic E-state index is 0.710. The molecule has 0 radical (unpaired) electrons. The summed E-state index contributed by atoms with van der Waals surface area (Å²) in [4.78, 5) is 10.3. The molecule has 6 aromatic rings. The molecule has 2 nitrogen and oxygen atoms in total. The van der Waals surface area contributed by atoms with Gasteiger partial charge in [-0.25, -0.2) is 9.97 Å². The van der Waals surface area contributed by atoms with Gasteiger partial charge in [-0.1, -0.05) is 72.8 Å². The van der Waals surface area contributed by atoms with Crippen LogP contribution in [0.2, 0.25) is 0 Å². The van der Waals surface area contributed by atoms with Crippen LogP contribution in [0.1, 0.15) is 11.1 Å². The molecule has 34 heavy (non-hydrogen) atoms. The van der Waals surface area contributed by atoms with E-state index in [1.807, 2.05) is 0 Å². The molecule has 0 aliphatic rings. The van der Waals surface area contributed by atoms with Gasteiger partial charge in [0, 0.05) is 22.6 Å². The first-order valence-electron chi connectivity index (χ1n) is 11.3. The summed E-state index contributed by atoms with van der Waals surface area (Å²) in [5.74, 6) is 1.42. The van der Waals surface area contributed by atoms with Crippen molar-refractivity contribution in [3.8, 4) is 22.5 Å². The molecule has 0 aliphatic heterocycles. The fourth-order valence-electron chi connectivity index (χ4n) is 4.43. The van der Waals surface area contributed by atoms with E-state index < -0.39 is 0 Å². The van der Waals surface area contributed by atoms with E-state index in [1.54, 1.807) is 0 Å². The van der Waals surface area contributed by atoms with Crippen LogP contribution in [0.4, 0.5) is 0 Å². The Morgan fingerprint density at radius 1 is 0.471 bits per heavy atom. The Kier molecular flexibility index (Phi) is 5.48. The molecular formula is C30H22N2S2. The van der Waals surface area contributed by atoms with Crippen LogP contribution >= 0.6 is 25.3 Å². The van der Waals surface area contributed by atoms with Gasteiger partial charge >= 0.3 is 0 Å². The van der Waals surface area contributed by atoms with Gasteiger partial charge in [0.05, 0.1) is 22.4 Å². The summed E-state index contributed by atoms with van der Waals surface area (Å²) in [6, 6.07) is 34.1. The summed E-state index contributed by atoms with van der Waals surface area (Å²) >= 11 is 8.80. The summed E-state index contributed by atoms with van der Waals surface area (Å²) in [7, 11) is 0. The van der Waals surface area contributed by atoms with Crippen molar-refractivity contribution in [3.05, 3.63) is 108 Å². The van der Waals surface area contributed by atoms with Crippen LogP contribution in [0.15, 0.2) is 97.1 Å². The lowest BCUT2D eigenvalue weighted by atomic mass is 10.0. The summed E-state index contributed by atoms with van der Waals surface area (Å²) < 4.78 is 0. The van der Waals surface area contributed by atoms with Gasteiger partial charge in [-0.15, -0.1) is 0 Å². The second-order valence-corrected chi connectivity index (χ2v) is 9.15. The smallest absolute Gasteiger partial charge is 0.0973 e. The summed E-state index contributed by atoms with van der Waals surface area (Å²) in [5.41, 5.74) is 8.02. The minimum absolute atomic E-state index is 0.710. The Hall–Kier alpha value is -3.34. The van der Waals surface area contributed by atoms with Crippen LogP contribution in [-0.4, -0.2) is 9.97 Å². The third-order valence-corrected chi connectivity index (χ3v) is 7.04. The first kappa shape index (κ1) is 21.2. The Morgan fingerprint density at radius 2 is 0.882 bits per heavy atom. The molecule has 6 rings (SSSR count). The van der Waals surface area contributed by atoms with E-state index in [1.165, 1.54) is 32.7 Å². The third kappa shape index (κ3) is 3.83. The Morgan fingerprint density at radius 3 is 1.26 bits per heavy atom. The van der Waals surface area contributed by atoms with Crippen molar-refractivity contribution in [2.45, 2.75) is 11.5 Å². The van der Waals surface area contributed by atoms with Crippen LogP contribution in [0.3, 0.4) is 0 Å². The molecule has 164 valence electrons. The normalized spacial score (nSPS) is 11.5. The van der Waals surface area contributed by atoms with Crippen LogP contribution in [0.5, 0.6) is 0 Å². The van der Waals surface area contributed by atoms with E-state index in [4.69, 9.17) is 9.97 Å². The fraction of sp³-hybridized carbons (Fsp3) is 0.0667. The average molecular weight is 475 g/mol. The van der Waals surface area contributed by atoms with Crippen molar-refractivity contribution < 1.29 is 0 Å². The molecule has 0 atom stereocenters. The molecule has 0 saturated heterocycles. The Bertz CT molecular complexity index is 1530. The van der Waals surface area contributed by atoms with Crippen molar-refractivity contribution in [2.75, 3.05) is 0 Å². The molecule has 0 fully saturated rings. The molecule has 0 N–H and O–H groups in total. The quantitative estimate of drug-likeness (QED) is 0.199. The SMILES string of the molecule is SCc1ccc(-c2nc3cc4cc5ccccc5cc4cc3nc2-c2ccc(CS)cc2)cc1. The molecule has 0 bridgehead atoms. The van der Waals surface area contributed by atoms with Gasteiger partial charge in [-0.2, -0.15) is 25.3 Å². The van der Waals surface area contributed by atoms with E-state index >= 15 is 0 Å². The maximum absolute atomic E-state index is 5.15. The van der Waals surface area contributed by atoms with Gasteiger partial charge in [0.1, 0.15) is 0 Å². The fourth-order valence-corrected chi connectivity index (χ4v) is 4.85. The molecule has 0 amide bonds. The number of hydrogen-bond acceptors (Lipinski definition) is 4. The zero-order valence-electron chi connectivity index (χ0n) is 18.4. The number of fused-ring (bicyclic) bond motifs is 3. The highest BCUT2D eigenvalue weighted by Gasteiger charge is 2.14. The molecule has 1 heterocycles. The largest absolute Gasteiger partial charge is 0.244 e. The molecule has 0 spiro atoms. The van der Waals surface area contributed by atoms with Gasteiger partial charge in [0.25, 0.3) is 0 Å². The van der Waals surface area contributed by atoms with Crippen molar-refractivity contribution in [1.29, 1.82) is 0 Å². The second kappa shape index (κ2) is 8.79. The maximum Gasteiger partial charge on any atom is 0.0973 e. The van der Waals surface area contributed by atoms with E-state index in [9.17, 15) is 0 Å². The van der Waals surface area contributed by atoms with Gasteiger partial charge in [-0.05, 0) is 56.9 Å². The van der Waals surface area contributed by atoms with Crippen molar-refractivity contribution >= 4 is 57.8 Å². The van der Waals surface area contributed by atoms with Crippen molar-refractivity contribution in [2.24, 2.45) is 0 Å². The zero-order chi connectivity index (χ0) is 23.1. The summed E-state index contributed by atoms with van der Waals surface area (Å²) in [5, 5.41) is 4.79. The van der Waals surface area contributed by atoms with Crippen molar-refractivity contribution in [3.63, 3.8) is 0 Å². The number of aromatic nitrogens is 2. The average Bonchev–Trinajstić information content (AvgIpc) is 2.90. The number of rotatable bonds is 4. The monoisotopic (exact) mass is 474 g/mol. The summed E-state index contributed by atoms with van der Waals surface area (Å²) in [6.45, 7) is 0. The van der Waals surface area contributed by atoms with Crippen molar-refractivity contribution in [1.82, 2.24) is 9.97 Å². The van der Waals surface area contributed by atoms with Crippen LogP contribution < -0.4 is 0 Å². The van der Waals surface area contributed by atoms with Gasteiger partial charge in [0.15, 0.2) is 0 Å². The van der Waals surface area contributed by atoms with E-state index in [-0.39, 0.29) is 0 Å². The molecule has 4 heteroatoms. The third-order valence-electron chi connectivity index (χ3n) is 6.31. The topological polar surface area (TPSA) is 25.8 Å². The van der Waals surface area contributed by atoms with E-state index in [0.717, 1.165) is 33.5 Å². The molecule has 5 aromatic carbocycles. The minimum Gasteiger partial charge on any atom is -0.244 e. The molecule has 0 unspecified atom stereocenters. The highest BCUT2D eigenvalue weighted by atomic mass is 32.1. The van der Waals surface area contributed by atoms with Gasteiger partial charge < -0.3 is 0 Å². The Balaban J connectivity index is 1.61. The number of hydrogen-bond donors (Lipinski definition) is 2. The number of thiol groups is 2. The second-order valence-electron chi connectivity index (χ2n) is 8.52.